The van der Waals surface area contributed by atoms with Gasteiger partial charge in [-0.1, -0.05) is 84.9 Å². The highest BCUT2D eigenvalue weighted by Crippen LogP contribution is 2.54. The van der Waals surface area contributed by atoms with E-state index in [0.717, 1.165) is 16.7 Å². The standard InChI is InChI=1S/C26H18O3/c27-23-15-7-5-13-21(23)26(22-14-6-8-16-24(22)28)20-12-4-3-10-18(20)17-9-1-2-11-19(17)25(26)29/h1-16,27-28H. The first-order valence-corrected chi connectivity index (χ1v) is 9.46. The molecule has 0 heterocycles. The van der Waals surface area contributed by atoms with Gasteiger partial charge in [-0.05, 0) is 28.8 Å². The summed E-state index contributed by atoms with van der Waals surface area (Å²) in [7, 11) is 0. The van der Waals surface area contributed by atoms with Crippen LogP contribution in [-0.2, 0) is 5.41 Å². The molecule has 0 fully saturated rings. The Morgan fingerprint density at radius 2 is 0.897 bits per heavy atom. The molecule has 0 spiro atoms. The van der Waals surface area contributed by atoms with Crippen LogP contribution in [0.1, 0.15) is 27.0 Å². The largest absolute Gasteiger partial charge is 0.508 e. The van der Waals surface area contributed by atoms with Crippen LogP contribution in [0.3, 0.4) is 0 Å². The summed E-state index contributed by atoms with van der Waals surface area (Å²) in [5.74, 6) is -0.147. The second-order valence-corrected chi connectivity index (χ2v) is 7.20. The van der Waals surface area contributed by atoms with Crippen molar-refractivity contribution in [1.82, 2.24) is 0 Å². The third-order valence-corrected chi connectivity index (χ3v) is 5.75. The molecule has 0 unspecified atom stereocenters. The van der Waals surface area contributed by atoms with Crippen molar-refractivity contribution in [3.8, 4) is 22.6 Å². The molecule has 0 saturated carbocycles. The normalized spacial score (nSPS) is 14.1. The minimum absolute atomic E-state index is 0.0123. The maximum absolute atomic E-state index is 14.2. The van der Waals surface area contributed by atoms with Gasteiger partial charge in [0.25, 0.3) is 0 Å². The van der Waals surface area contributed by atoms with E-state index in [1.807, 2.05) is 48.5 Å². The van der Waals surface area contributed by atoms with Crippen molar-refractivity contribution in [2.75, 3.05) is 0 Å². The van der Waals surface area contributed by atoms with E-state index in [2.05, 4.69) is 0 Å². The molecule has 0 atom stereocenters. The molecule has 0 radical (unpaired) electrons. The number of Topliss-reactive ketones (excluding diaryl/α,β-unsaturated/α-hetero) is 1. The number of phenols is 2. The quantitative estimate of drug-likeness (QED) is 0.498. The van der Waals surface area contributed by atoms with Crippen LogP contribution in [0.2, 0.25) is 0 Å². The minimum atomic E-state index is -1.36. The summed E-state index contributed by atoms with van der Waals surface area (Å²) >= 11 is 0. The van der Waals surface area contributed by atoms with Crippen molar-refractivity contribution >= 4 is 5.78 Å². The molecule has 1 aliphatic rings. The highest BCUT2D eigenvalue weighted by molar-refractivity contribution is 6.17. The van der Waals surface area contributed by atoms with Crippen molar-refractivity contribution in [2.45, 2.75) is 5.41 Å². The molecule has 5 rings (SSSR count). The van der Waals surface area contributed by atoms with Gasteiger partial charge in [-0.3, -0.25) is 4.79 Å². The summed E-state index contributed by atoms with van der Waals surface area (Å²) in [6.45, 7) is 0. The zero-order valence-electron chi connectivity index (χ0n) is 15.5. The van der Waals surface area contributed by atoms with Crippen molar-refractivity contribution in [2.24, 2.45) is 0 Å². The molecule has 0 aliphatic heterocycles. The maximum Gasteiger partial charge on any atom is 0.183 e. The van der Waals surface area contributed by atoms with Gasteiger partial charge in [0.1, 0.15) is 16.9 Å². The molecule has 0 bridgehead atoms. The van der Waals surface area contributed by atoms with Crippen LogP contribution in [-0.4, -0.2) is 16.0 Å². The molecule has 4 aromatic carbocycles. The number of carbonyl (C=O) groups is 1. The molecule has 140 valence electrons. The first-order chi connectivity index (χ1) is 14.2. The molecule has 3 heteroatoms. The van der Waals surface area contributed by atoms with Gasteiger partial charge in [0.15, 0.2) is 5.78 Å². The van der Waals surface area contributed by atoms with Gasteiger partial charge in [0, 0.05) is 16.7 Å². The summed E-state index contributed by atoms with van der Waals surface area (Å²) in [5.41, 5.74) is 2.62. The van der Waals surface area contributed by atoms with Gasteiger partial charge in [0.2, 0.25) is 0 Å². The molecule has 0 aromatic heterocycles. The first kappa shape index (κ1) is 17.3. The number of fused-ring (bicyclic) bond motifs is 3. The zero-order valence-corrected chi connectivity index (χ0v) is 15.5. The average molecular weight is 378 g/mol. The van der Waals surface area contributed by atoms with Crippen LogP contribution in [0.5, 0.6) is 11.5 Å². The fraction of sp³-hybridized carbons (Fsp3) is 0.0385. The molecule has 4 aromatic rings. The van der Waals surface area contributed by atoms with Crippen LogP contribution < -0.4 is 0 Å². The zero-order chi connectivity index (χ0) is 20.0. The van der Waals surface area contributed by atoms with E-state index in [0.29, 0.717) is 16.7 Å². The smallest absolute Gasteiger partial charge is 0.183 e. The van der Waals surface area contributed by atoms with Crippen LogP contribution in [0, 0.1) is 0 Å². The summed E-state index contributed by atoms with van der Waals surface area (Å²) < 4.78 is 0. The van der Waals surface area contributed by atoms with Crippen molar-refractivity contribution in [3.05, 3.63) is 119 Å². The Bertz CT molecular complexity index is 1210. The minimum Gasteiger partial charge on any atom is -0.508 e. The highest BCUT2D eigenvalue weighted by Gasteiger charge is 2.51. The summed E-state index contributed by atoms with van der Waals surface area (Å²) in [6, 6.07) is 28.9. The van der Waals surface area contributed by atoms with E-state index in [-0.39, 0.29) is 17.3 Å². The first-order valence-electron chi connectivity index (χ1n) is 9.46. The summed E-state index contributed by atoms with van der Waals surface area (Å²) in [5, 5.41) is 21.7. The number of benzene rings is 4. The van der Waals surface area contributed by atoms with Gasteiger partial charge in [-0.15, -0.1) is 0 Å². The van der Waals surface area contributed by atoms with Crippen LogP contribution >= 0.6 is 0 Å². The molecule has 1 aliphatic carbocycles. The number of para-hydroxylation sites is 2. The van der Waals surface area contributed by atoms with Crippen LogP contribution in [0.4, 0.5) is 0 Å². The Hall–Kier alpha value is -3.85. The highest BCUT2D eigenvalue weighted by atomic mass is 16.3. The predicted octanol–water partition coefficient (Wildman–Crippen LogP) is 5.30. The summed E-state index contributed by atoms with van der Waals surface area (Å²) in [4.78, 5) is 14.2. The van der Waals surface area contributed by atoms with Crippen molar-refractivity contribution in [3.63, 3.8) is 0 Å². The van der Waals surface area contributed by atoms with E-state index in [1.165, 1.54) is 0 Å². The molecular formula is C26H18O3. The van der Waals surface area contributed by atoms with Gasteiger partial charge < -0.3 is 10.2 Å². The Morgan fingerprint density at radius 3 is 1.45 bits per heavy atom. The number of hydrogen-bond acceptors (Lipinski definition) is 3. The molecule has 29 heavy (non-hydrogen) atoms. The molecule has 2 N–H and O–H groups in total. The van der Waals surface area contributed by atoms with E-state index < -0.39 is 5.41 Å². The Kier molecular flexibility index (Phi) is 3.78. The number of hydrogen-bond donors (Lipinski definition) is 2. The predicted molar refractivity (Wildman–Crippen MR) is 112 cm³/mol. The topological polar surface area (TPSA) is 57.5 Å². The second kappa shape index (κ2) is 6.35. The van der Waals surface area contributed by atoms with E-state index in [9.17, 15) is 15.0 Å². The Balaban J connectivity index is 2.01. The second-order valence-electron chi connectivity index (χ2n) is 7.20. The van der Waals surface area contributed by atoms with Crippen LogP contribution in [0.25, 0.3) is 11.1 Å². The average Bonchev–Trinajstić information content (AvgIpc) is 2.76. The van der Waals surface area contributed by atoms with Gasteiger partial charge in [-0.2, -0.15) is 0 Å². The van der Waals surface area contributed by atoms with Gasteiger partial charge >= 0.3 is 0 Å². The maximum atomic E-state index is 14.2. The number of carbonyl (C=O) groups excluding carboxylic acids is 1. The Morgan fingerprint density at radius 1 is 0.483 bits per heavy atom. The molecule has 0 amide bonds. The van der Waals surface area contributed by atoms with E-state index >= 15 is 0 Å². The van der Waals surface area contributed by atoms with Crippen LogP contribution in [0.15, 0.2) is 97.1 Å². The number of rotatable bonds is 2. The van der Waals surface area contributed by atoms with Gasteiger partial charge in [0.05, 0.1) is 0 Å². The summed E-state index contributed by atoms with van der Waals surface area (Å²) in [6.07, 6.45) is 0. The van der Waals surface area contributed by atoms with E-state index in [1.54, 1.807) is 48.5 Å². The number of aromatic hydroxyl groups is 2. The lowest BCUT2D eigenvalue weighted by Gasteiger charge is -2.40. The molecule has 3 nitrogen and oxygen atoms in total. The van der Waals surface area contributed by atoms with Gasteiger partial charge in [-0.25, -0.2) is 0 Å². The number of phenolic OH excluding ortho intramolecular Hbond substituents is 2. The lowest BCUT2D eigenvalue weighted by molar-refractivity contribution is 0.0929. The third kappa shape index (κ3) is 2.28. The van der Waals surface area contributed by atoms with Crippen molar-refractivity contribution in [1.29, 1.82) is 0 Å². The monoisotopic (exact) mass is 378 g/mol. The van der Waals surface area contributed by atoms with Crippen molar-refractivity contribution < 1.29 is 15.0 Å². The fourth-order valence-corrected chi connectivity index (χ4v) is 4.55. The number of ketones is 1. The molecular weight excluding hydrogens is 360 g/mol. The Labute approximate surface area is 168 Å². The lowest BCUT2D eigenvalue weighted by Crippen LogP contribution is -2.41. The molecule has 0 saturated heterocycles. The van der Waals surface area contributed by atoms with E-state index in [4.69, 9.17) is 0 Å². The fourth-order valence-electron chi connectivity index (χ4n) is 4.55. The lowest BCUT2D eigenvalue weighted by atomic mass is 9.59. The third-order valence-electron chi connectivity index (χ3n) is 5.75. The SMILES string of the molecule is O=C1c2ccccc2-c2ccccc2C1(c1ccccc1O)c1ccccc1O.